The van der Waals surface area contributed by atoms with Gasteiger partial charge in [-0.25, -0.2) is 4.98 Å². The van der Waals surface area contributed by atoms with Gasteiger partial charge in [0.25, 0.3) is 0 Å². The van der Waals surface area contributed by atoms with Crippen LogP contribution in [-0.2, 0) is 11.2 Å². The van der Waals surface area contributed by atoms with Crippen LogP contribution < -0.4 is 10.9 Å². The second kappa shape index (κ2) is 7.62. The lowest BCUT2D eigenvalue weighted by Gasteiger charge is -2.27. The van der Waals surface area contributed by atoms with Crippen LogP contribution in [0.15, 0.2) is 6.20 Å². The van der Waals surface area contributed by atoms with Crippen molar-refractivity contribution in [3.05, 3.63) is 11.9 Å². The molecule has 1 aromatic rings. The van der Waals surface area contributed by atoms with Crippen molar-refractivity contribution < 1.29 is 4.74 Å². The van der Waals surface area contributed by atoms with Crippen LogP contribution in [0.25, 0.3) is 0 Å². The second-order valence-corrected chi connectivity index (χ2v) is 5.61. The molecule has 0 amide bonds. The Bertz CT molecular complexity index is 420. The van der Waals surface area contributed by atoms with Gasteiger partial charge in [0.2, 0.25) is 0 Å². The maximum Gasteiger partial charge on any atom is 0.147 e. The van der Waals surface area contributed by atoms with E-state index in [0.29, 0.717) is 11.7 Å². The second-order valence-electron chi connectivity index (χ2n) is 5.61. The lowest BCUT2D eigenvalue weighted by atomic mass is 9.84. The zero-order chi connectivity index (χ0) is 14.4. The Labute approximate surface area is 123 Å². The number of nitrogens with one attached hydrogen (secondary N) is 1. The molecule has 1 fully saturated rings. The topological polar surface area (TPSA) is 47.0 Å². The summed E-state index contributed by atoms with van der Waals surface area (Å²) in [6.07, 6.45) is 10.4. The third kappa shape index (κ3) is 4.20. The molecule has 0 spiro atoms. The number of methoxy groups -OCH3 is 1. The maximum atomic E-state index is 5.71. The van der Waals surface area contributed by atoms with Gasteiger partial charge in [-0.2, -0.15) is 0 Å². The summed E-state index contributed by atoms with van der Waals surface area (Å²) in [5.74, 6) is 1.69. The number of anilines is 1. The highest BCUT2D eigenvalue weighted by molar-refractivity contribution is 6.30. The van der Waals surface area contributed by atoms with Gasteiger partial charge in [0.1, 0.15) is 13.7 Å². The molecule has 0 atom stereocenters. The van der Waals surface area contributed by atoms with Gasteiger partial charge in [0, 0.05) is 25.9 Å². The summed E-state index contributed by atoms with van der Waals surface area (Å²) in [6, 6.07) is 0. The molecule has 1 saturated carbocycles. The molecule has 0 aromatic carbocycles. The molecule has 5 heteroatoms. The summed E-state index contributed by atoms with van der Waals surface area (Å²) >= 11 is 0. The minimum atomic E-state index is 0.488. The van der Waals surface area contributed by atoms with E-state index >= 15 is 0 Å². The molecule has 2 rings (SSSR count). The van der Waals surface area contributed by atoms with Crippen LogP contribution in [0.3, 0.4) is 0 Å². The van der Waals surface area contributed by atoms with Gasteiger partial charge in [-0.05, 0) is 44.4 Å². The number of aromatic nitrogens is 2. The number of hydrogen-bond acceptors (Lipinski definition) is 4. The van der Waals surface area contributed by atoms with E-state index in [1.807, 2.05) is 14.2 Å². The monoisotopic (exact) mass is 273 g/mol. The normalized spacial score (nSPS) is 22.7. The Kier molecular flexibility index (Phi) is 5.83. The van der Waals surface area contributed by atoms with Crippen molar-refractivity contribution in [3.63, 3.8) is 0 Å². The number of ether oxygens (including phenoxy) is 1. The fourth-order valence-electron chi connectivity index (χ4n) is 3.04. The first-order chi connectivity index (χ1) is 9.72. The fourth-order valence-corrected chi connectivity index (χ4v) is 3.04. The molecule has 1 aliphatic carbocycles. The molecule has 1 aliphatic rings. The van der Waals surface area contributed by atoms with Gasteiger partial charge in [-0.1, -0.05) is 6.42 Å². The van der Waals surface area contributed by atoms with Crippen LogP contribution in [0, 0.1) is 5.92 Å². The van der Waals surface area contributed by atoms with Crippen molar-refractivity contribution in [1.29, 1.82) is 0 Å². The summed E-state index contributed by atoms with van der Waals surface area (Å²) in [5, 5.41) is 3.08. The smallest absolute Gasteiger partial charge is 0.147 e. The molecule has 0 unspecified atom stereocenters. The fraction of sp³-hybridized carbons (Fsp3) is 0.733. The van der Waals surface area contributed by atoms with Crippen molar-refractivity contribution in [1.82, 2.24) is 9.97 Å². The molecule has 20 heavy (non-hydrogen) atoms. The van der Waals surface area contributed by atoms with Crippen LogP contribution in [0.4, 0.5) is 5.82 Å². The Morgan fingerprint density at radius 2 is 2.10 bits per heavy atom. The largest absolute Gasteiger partial charge is 0.381 e. The molecule has 4 nitrogen and oxygen atoms in total. The van der Waals surface area contributed by atoms with Gasteiger partial charge in [-0.15, -0.1) is 0 Å². The van der Waals surface area contributed by atoms with E-state index in [0.717, 1.165) is 30.3 Å². The lowest BCUT2D eigenvalue weighted by molar-refractivity contribution is 0.0553. The third-order valence-corrected chi connectivity index (χ3v) is 4.25. The standard InChI is InChI=1S/C15H24BN3O/c1-17-15-13(19-14(16)10-18-15)5-3-4-11-6-8-12(20-2)9-7-11/h10-12H,3-9H2,1-2H3,(H,17,18). The van der Waals surface area contributed by atoms with Crippen LogP contribution >= 0.6 is 0 Å². The van der Waals surface area contributed by atoms with Crippen LogP contribution in [0.1, 0.15) is 44.2 Å². The van der Waals surface area contributed by atoms with Crippen LogP contribution in [0.5, 0.6) is 0 Å². The average Bonchev–Trinajstić information content (AvgIpc) is 2.48. The summed E-state index contributed by atoms with van der Waals surface area (Å²) < 4.78 is 5.42. The van der Waals surface area contributed by atoms with Crippen molar-refractivity contribution in [2.45, 2.75) is 51.0 Å². The number of rotatable bonds is 6. The third-order valence-electron chi connectivity index (χ3n) is 4.25. The lowest BCUT2D eigenvalue weighted by Crippen LogP contribution is -2.20. The number of hydrogen-bond donors (Lipinski definition) is 1. The molecule has 2 radical (unpaired) electrons. The van der Waals surface area contributed by atoms with Gasteiger partial charge >= 0.3 is 0 Å². The summed E-state index contributed by atoms with van der Waals surface area (Å²) in [6.45, 7) is 0. The highest BCUT2D eigenvalue weighted by atomic mass is 16.5. The van der Waals surface area contributed by atoms with Gasteiger partial charge in [-0.3, -0.25) is 4.98 Å². The van der Waals surface area contributed by atoms with Crippen molar-refractivity contribution in [3.8, 4) is 0 Å². The van der Waals surface area contributed by atoms with Crippen LogP contribution in [-0.4, -0.2) is 38.1 Å². The molecule has 1 N–H and O–H groups in total. The maximum absolute atomic E-state index is 5.71. The van der Waals surface area contributed by atoms with Crippen molar-refractivity contribution in [2.75, 3.05) is 19.5 Å². The Morgan fingerprint density at radius 3 is 2.75 bits per heavy atom. The van der Waals surface area contributed by atoms with Crippen molar-refractivity contribution in [2.24, 2.45) is 5.92 Å². The van der Waals surface area contributed by atoms with E-state index in [1.165, 1.54) is 32.1 Å². The first-order valence-corrected chi connectivity index (χ1v) is 7.55. The molecule has 0 saturated heterocycles. The Morgan fingerprint density at radius 1 is 1.35 bits per heavy atom. The highest BCUT2D eigenvalue weighted by Gasteiger charge is 2.20. The Balaban J connectivity index is 1.77. The van der Waals surface area contributed by atoms with E-state index in [-0.39, 0.29) is 0 Å². The molecular weight excluding hydrogens is 249 g/mol. The van der Waals surface area contributed by atoms with E-state index in [2.05, 4.69) is 15.3 Å². The Hall–Kier alpha value is -1.10. The summed E-state index contributed by atoms with van der Waals surface area (Å²) in [5.41, 5.74) is 1.48. The first-order valence-electron chi connectivity index (χ1n) is 7.55. The van der Waals surface area contributed by atoms with Crippen molar-refractivity contribution >= 4 is 19.3 Å². The quantitative estimate of drug-likeness (QED) is 0.803. The van der Waals surface area contributed by atoms with E-state index in [1.54, 1.807) is 6.20 Å². The van der Waals surface area contributed by atoms with Gasteiger partial charge < -0.3 is 10.1 Å². The first kappa shape index (κ1) is 15.3. The molecule has 0 aliphatic heterocycles. The van der Waals surface area contributed by atoms with E-state index in [4.69, 9.17) is 12.6 Å². The molecule has 1 heterocycles. The predicted molar refractivity (Wildman–Crippen MR) is 82.7 cm³/mol. The minimum absolute atomic E-state index is 0.488. The average molecular weight is 273 g/mol. The SMILES string of the molecule is [B]c1cnc(NC)c(CCCC2CCC(OC)CC2)n1. The minimum Gasteiger partial charge on any atom is -0.381 e. The zero-order valence-corrected chi connectivity index (χ0v) is 12.6. The molecule has 1 aromatic heterocycles. The number of aryl methyl sites for hydroxylation is 1. The molecule has 108 valence electrons. The molecule has 0 bridgehead atoms. The van der Waals surface area contributed by atoms with Gasteiger partial charge in [0.05, 0.1) is 11.8 Å². The zero-order valence-electron chi connectivity index (χ0n) is 12.6. The predicted octanol–water partition coefficient (Wildman–Crippen LogP) is 1.84. The highest BCUT2D eigenvalue weighted by Crippen LogP contribution is 2.29. The summed E-state index contributed by atoms with van der Waals surface area (Å²) in [7, 11) is 9.40. The summed E-state index contributed by atoms with van der Waals surface area (Å²) in [4.78, 5) is 8.65. The number of nitrogens with zero attached hydrogens (tertiary/aromatic N) is 2. The van der Waals surface area contributed by atoms with Crippen LogP contribution in [0.2, 0.25) is 0 Å². The van der Waals surface area contributed by atoms with E-state index < -0.39 is 0 Å². The molecular formula is C15H24BN3O. The van der Waals surface area contributed by atoms with Gasteiger partial charge in [0.15, 0.2) is 0 Å². The van der Waals surface area contributed by atoms with E-state index in [9.17, 15) is 0 Å².